The summed E-state index contributed by atoms with van der Waals surface area (Å²) in [7, 11) is 2.60. The normalized spacial score (nSPS) is 17.2. The van der Waals surface area contributed by atoms with E-state index in [2.05, 4.69) is 9.47 Å². The van der Waals surface area contributed by atoms with Crippen LogP contribution in [0.1, 0.15) is 32.1 Å². The number of esters is 2. The van der Waals surface area contributed by atoms with Crippen LogP contribution >= 0.6 is 0 Å². The Kier molecular flexibility index (Phi) is 7.54. The molecular formula is C14H25NO5. The highest BCUT2D eigenvalue weighted by Gasteiger charge is 2.23. The maximum Gasteiger partial charge on any atom is 0.319 e. The van der Waals surface area contributed by atoms with Crippen molar-refractivity contribution in [3.8, 4) is 0 Å². The zero-order valence-electron chi connectivity index (χ0n) is 12.3. The molecule has 6 heteroatoms. The summed E-state index contributed by atoms with van der Waals surface area (Å²) in [5.74, 6) is -0.299. The third kappa shape index (κ3) is 6.34. The van der Waals surface area contributed by atoms with E-state index in [9.17, 15) is 14.7 Å². The molecule has 1 fully saturated rings. The SMILES string of the molecule is COC(=O)CN(CC(=O)OC)CC(O)CC1CCCC1. The fourth-order valence-electron chi connectivity index (χ4n) is 2.68. The minimum Gasteiger partial charge on any atom is -0.468 e. The van der Waals surface area contributed by atoms with Gasteiger partial charge < -0.3 is 14.6 Å². The number of ether oxygens (including phenoxy) is 2. The lowest BCUT2D eigenvalue weighted by molar-refractivity contribution is -0.146. The molecule has 1 rings (SSSR count). The highest BCUT2D eigenvalue weighted by molar-refractivity contribution is 5.74. The number of hydrogen-bond donors (Lipinski definition) is 1. The van der Waals surface area contributed by atoms with Crippen LogP contribution in [0.4, 0.5) is 0 Å². The summed E-state index contributed by atoms with van der Waals surface area (Å²) in [6.07, 6.45) is 4.96. The van der Waals surface area contributed by atoms with Gasteiger partial charge in [-0.05, 0) is 12.3 Å². The maximum absolute atomic E-state index is 11.3. The van der Waals surface area contributed by atoms with Crippen molar-refractivity contribution in [2.45, 2.75) is 38.2 Å². The second-order valence-corrected chi connectivity index (χ2v) is 5.36. The van der Waals surface area contributed by atoms with Gasteiger partial charge in [0.05, 0.1) is 33.4 Å². The summed E-state index contributed by atoms with van der Waals surface area (Å²) in [4.78, 5) is 24.2. The van der Waals surface area contributed by atoms with Crippen molar-refractivity contribution in [3.05, 3.63) is 0 Å². The molecule has 0 heterocycles. The van der Waals surface area contributed by atoms with Gasteiger partial charge >= 0.3 is 11.9 Å². The lowest BCUT2D eigenvalue weighted by atomic mass is 10.00. The molecule has 0 radical (unpaired) electrons. The number of aliphatic hydroxyl groups excluding tert-OH is 1. The fourth-order valence-corrected chi connectivity index (χ4v) is 2.68. The summed E-state index contributed by atoms with van der Waals surface area (Å²) in [5.41, 5.74) is 0. The standard InChI is InChI=1S/C14H25NO5/c1-19-13(17)9-15(10-14(18)20-2)8-12(16)7-11-5-3-4-6-11/h11-12,16H,3-10H2,1-2H3. The Bertz CT molecular complexity index is 297. The molecule has 0 saturated heterocycles. The lowest BCUT2D eigenvalue weighted by Crippen LogP contribution is -2.40. The third-order valence-electron chi connectivity index (χ3n) is 3.71. The Balaban J connectivity index is 2.43. The Hall–Kier alpha value is -1.14. The number of methoxy groups -OCH3 is 2. The summed E-state index contributed by atoms with van der Waals surface area (Å²) >= 11 is 0. The lowest BCUT2D eigenvalue weighted by Gasteiger charge is -2.24. The van der Waals surface area contributed by atoms with E-state index in [0.29, 0.717) is 5.92 Å². The Morgan fingerprint density at radius 2 is 1.65 bits per heavy atom. The molecule has 0 bridgehead atoms. The Morgan fingerprint density at radius 1 is 1.15 bits per heavy atom. The fraction of sp³-hybridized carbons (Fsp3) is 0.857. The van der Waals surface area contributed by atoms with Crippen LogP contribution in [0.25, 0.3) is 0 Å². The number of hydrogen-bond acceptors (Lipinski definition) is 6. The van der Waals surface area contributed by atoms with Crippen molar-refractivity contribution in [1.29, 1.82) is 0 Å². The molecule has 1 N–H and O–H groups in total. The van der Waals surface area contributed by atoms with Crippen LogP contribution in [-0.4, -0.2) is 61.9 Å². The molecule has 0 aromatic heterocycles. The van der Waals surface area contributed by atoms with Gasteiger partial charge in [0.15, 0.2) is 0 Å². The first-order chi connectivity index (χ1) is 9.55. The van der Waals surface area contributed by atoms with Crippen LogP contribution in [0.3, 0.4) is 0 Å². The van der Waals surface area contributed by atoms with Crippen molar-refractivity contribution in [3.63, 3.8) is 0 Å². The largest absolute Gasteiger partial charge is 0.468 e. The van der Waals surface area contributed by atoms with Crippen molar-refractivity contribution in [2.24, 2.45) is 5.92 Å². The van der Waals surface area contributed by atoms with E-state index in [1.54, 1.807) is 4.90 Å². The predicted octanol–water partition coefficient (Wildman–Crippen LogP) is 0.576. The van der Waals surface area contributed by atoms with Crippen molar-refractivity contribution >= 4 is 11.9 Å². The van der Waals surface area contributed by atoms with Crippen molar-refractivity contribution in [2.75, 3.05) is 33.9 Å². The molecule has 1 unspecified atom stereocenters. The Labute approximate surface area is 120 Å². The maximum atomic E-state index is 11.3. The van der Waals surface area contributed by atoms with Crippen LogP contribution in [0, 0.1) is 5.92 Å². The number of nitrogens with zero attached hydrogens (tertiary/aromatic N) is 1. The number of carbonyl (C=O) groups is 2. The monoisotopic (exact) mass is 287 g/mol. The summed E-state index contributed by atoms with van der Waals surface area (Å²) in [6.45, 7) is 0.237. The molecule has 0 spiro atoms. The van der Waals surface area contributed by atoms with Gasteiger partial charge in [-0.25, -0.2) is 0 Å². The number of aliphatic hydroxyl groups is 1. The minimum atomic E-state index is -0.535. The van der Waals surface area contributed by atoms with Crippen LogP contribution in [0.5, 0.6) is 0 Å². The molecule has 20 heavy (non-hydrogen) atoms. The van der Waals surface area contributed by atoms with Crippen LogP contribution < -0.4 is 0 Å². The molecule has 1 saturated carbocycles. The smallest absolute Gasteiger partial charge is 0.319 e. The summed E-state index contributed by atoms with van der Waals surface area (Å²) < 4.78 is 9.19. The van der Waals surface area contributed by atoms with E-state index in [-0.39, 0.29) is 19.6 Å². The van der Waals surface area contributed by atoms with Gasteiger partial charge in [-0.15, -0.1) is 0 Å². The van der Waals surface area contributed by atoms with Gasteiger partial charge in [0.1, 0.15) is 0 Å². The minimum absolute atomic E-state index is 0.0205. The van der Waals surface area contributed by atoms with Crippen molar-refractivity contribution in [1.82, 2.24) is 4.90 Å². The second-order valence-electron chi connectivity index (χ2n) is 5.36. The average Bonchev–Trinajstić information content (AvgIpc) is 2.90. The highest BCUT2D eigenvalue weighted by atomic mass is 16.5. The van der Waals surface area contributed by atoms with Gasteiger partial charge in [-0.1, -0.05) is 25.7 Å². The molecule has 1 aliphatic rings. The molecule has 116 valence electrons. The molecule has 1 aliphatic carbocycles. The molecule has 0 aliphatic heterocycles. The van der Waals surface area contributed by atoms with Crippen LogP contribution in [-0.2, 0) is 19.1 Å². The molecule has 0 amide bonds. The zero-order valence-corrected chi connectivity index (χ0v) is 12.3. The molecule has 0 aromatic carbocycles. The quantitative estimate of drug-likeness (QED) is 0.658. The van der Waals surface area contributed by atoms with Gasteiger partial charge in [-0.3, -0.25) is 14.5 Å². The van der Waals surface area contributed by atoms with E-state index in [0.717, 1.165) is 19.3 Å². The zero-order chi connectivity index (χ0) is 15.0. The summed E-state index contributed by atoms with van der Waals surface area (Å²) in [6, 6.07) is 0. The van der Waals surface area contributed by atoms with Gasteiger partial charge in [0.2, 0.25) is 0 Å². The second kappa shape index (κ2) is 8.92. The van der Waals surface area contributed by atoms with E-state index >= 15 is 0 Å². The van der Waals surface area contributed by atoms with E-state index in [4.69, 9.17) is 0 Å². The first-order valence-electron chi connectivity index (χ1n) is 7.09. The van der Waals surface area contributed by atoms with Gasteiger partial charge in [0, 0.05) is 6.54 Å². The van der Waals surface area contributed by atoms with E-state index in [1.807, 2.05) is 0 Å². The van der Waals surface area contributed by atoms with Crippen molar-refractivity contribution < 1.29 is 24.2 Å². The van der Waals surface area contributed by atoms with E-state index < -0.39 is 18.0 Å². The van der Waals surface area contributed by atoms with Gasteiger partial charge in [0.25, 0.3) is 0 Å². The highest BCUT2D eigenvalue weighted by Crippen LogP contribution is 2.28. The Morgan fingerprint density at radius 3 is 2.10 bits per heavy atom. The first-order valence-corrected chi connectivity index (χ1v) is 7.09. The van der Waals surface area contributed by atoms with Gasteiger partial charge in [-0.2, -0.15) is 0 Å². The molecule has 0 aromatic rings. The molecule has 6 nitrogen and oxygen atoms in total. The predicted molar refractivity (Wildman–Crippen MR) is 73.1 cm³/mol. The van der Waals surface area contributed by atoms with Crippen LogP contribution in [0.2, 0.25) is 0 Å². The topological polar surface area (TPSA) is 76.1 Å². The molecule has 1 atom stereocenters. The third-order valence-corrected chi connectivity index (χ3v) is 3.71. The number of carbonyl (C=O) groups excluding carboxylic acids is 2. The average molecular weight is 287 g/mol. The number of rotatable bonds is 8. The van der Waals surface area contributed by atoms with E-state index in [1.165, 1.54) is 27.1 Å². The summed E-state index contributed by atoms with van der Waals surface area (Å²) in [5, 5.41) is 10.1. The molecular weight excluding hydrogens is 262 g/mol. The first kappa shape index (κ1) is 16.9. The van der Waals surface area contributed by atoms with Crippen LogP contribution in [0.15, 0.2) is 0 Å².